The van der Waals surface area contributed by atoms with Crippen LogP contribution in [0.1, 0.15) is 11.3 Å². The largest absolute Gasteiger partial charge is 0.398 e. The van der Waals surface area contributed by atoms with Crippen molar-refractivity contribution in [3.63, 3.8) is 0 Å². The average Bonchev–Trinajstić information content (AvgIpc) is 1.95. The van der Waals surface area contributed by atoms with E-state index in [1.165, 1.54) is 0 Å². The quantitative estimate of drug-likeness (QED) is 0.694. The highest BCUT2D eigenvalue weighted by molar-refractivity contribution is 6.16. The van der Waals surface area contributed by atoms with E-state index in [4.69, 9.17) is 17.3 Å². The lowest BCUT2D eigenvalue weighted by Crippen LogP contribution is -1.93. The lowest BCUT2D eigenvalue weighted by atomic mass is 10.2. The molecule has 4 heteroatoms. The van der Waals surface area contributed by atoms with Crippen molar-refractivity contribution in [1.82, 2.24) is 4.98 Å². The van der Waals surface area contributed by atoms with E-state index in [0.29, 0.717) is 5.88 Å². The molecule has 1 aromatic rings. The third kappa shape index (κ3) is 2.56. The van der Waals surface area contributed by atoms with Crippen molar-refractivity contribution in [3.05, 3.63) is 23.5 Å². The number of hydrogen-bond acceptors (Lipinski definition) is 2. The van der Waals surface area contributed by atoms with Gasteiger partial charge in [0, 0.05) is 11.9 Å². The fourth-order valence-corrected chi connectivity index (χ4v) is 0.804. The molecule has 0 spiro atoms. The number of nitrogen functional groups attached to an aromatic ring is 1. The van der Waals surface area contributed by atoms with Crippen molar-refractivity contribution < 1.29 is 0 Å². The number of aromatic nitrogens is 1. The lowest BCUT2D eigenvalue weighted by Gasteiger charge is -1.99. The number of alkyl halides is 1. The van der Waals surface area contributed by atoms with Crippen molar-refractivity contribution in [3.8, 4) is 0 Å². The summed E-state index contributed by atoms with van der Waals surface area (Å²) in [6, 6.07) is 1.79. The van der Waals surface area contributed by atoms with E-state index in [1.54, 1.807) is 12.3 Å². The first-order valence-corrected chi connectivity index (χ1v) is 3.54. The first-order chi connectivity index (χ1) is 4.74. The second-order valence-corrected chi connectivity index (χ2v) is 2.43. The van der Waals surface area contributed by atoms with Crippen LogP contribution in [-0.4, -0.2) is 4.98 Å². The van der Waals surface area contributed by atoms with Gasteiger partial charge in [-0.2, -0.15) is 0 Å². The molecule has 0 atom stereocenters. The van der Waals surface area contributed by atoms with Crippen molar-refractivity contribution in [2.24, 2.45) is 0 Å². The van der Waals surface area contributed by atoms with Gasteiger partial charge in [0.25, 0.3) is 0 Å². The predicted octanol–water partition coefficient (Wildman–Crippen LogP) is 2.13. The Kier molecular flexibility index (Phi) is 4.23. The van der Waals surface area contributed by atoms with Crippen LogP contribution < -0.4 is 5.73 Å². The van der Waals surface area contributed by atoms with Crippen LogP contribution in [0.5, 0.6) is 0 Å². The number of nitrogens with two attached hydrogens (primary N) is 1. The lowest BCUT2D eigenvalue weighted by molar-refractivity contribution is 1.15. The summed E-state index contributed by atoms with van der Waals surface area (Å²) in [5.41, 5.74) is 8.17. The number of aryl methyl sites for hydroxylation is 1. The molecular weight excluding hydrogens is 183 g/mol. The van der Waals surface area contributed by atoms with E-state index in [9.17, 15) is 0 Å². The van der Waals surface area contributed by atoms with Gasteiger partial charge in [-0.15, -0.1) is 24.0 Å². The standard InChI is InChI=1S/C7H9ClN2.ClH/c1-5-4-10-6(3-8)2-7(5)9;/h2,4H,3H2,1H3,(H2,9,10);1H. The van der Waals surface area contributed by atoms with Gasteiger partial charge in [0.05, 0.1) is 11.6 Å². The van der Waals surface area contributed by atoms with Gasteiger partial charge in [-0.25, -0.2) is 0 Å². The van der Waals surface area contributed by atoms with Crippen molar-refractivity contribution in [2.75, 3.05) is 5.73 Å². The smallest absolute Gasteiger partial charge is 0.0648 e. The molecule has 0 fully saturated rings. The molecule has 0 radical (unpaired) electrons. The zero-order valence-electron chi connectivity index (χ0n) is 6.17. The minimum Gasteiger partial charge on any atom is -0.398 e. The van der Waals surface area contributed by atoms with Crippen molar-refractivity contribution in [1.29, 1.82) is 0 Å². The van der Waals surface area contributed by atoms with Crippen LogP contribution in [0.15, 0.2) is 12.3 Å². The number of rotatable bonds is 1. The van der Waals surface area contributed by atoms with Crippen LogP contribution in [0.25, 0.3) is 0 Å². The van der Waals surface area contributed by atoms with Crippen LogP contribution in [0.4, 0.5) is 5.69 Å². The van der Waals surface area contributed by atoms with Gasteiger partial charge >= 0.3 is 0 Å². The number of halogens is 2. The molecule has 11 heavy (non-hydrogen) atoms. The summed E-state index contributed by atoms with van der Waals surface area (Å²) < 4.78 is 0. The minimum atomic E-state index is 0. The van der Waals surface area contributed by atoms with Crippen LogP contribution >= 0.6 is 24.0 Å². The first-order valence-electron chi connectivity index (χ1n) is 3.01. The molecule has 1 heterocycles. The van der Waals surface area contributed by atoms with E-state index in [1.807, 2.05) is 6.92 Å². The summed E-state index contributed by atoms with van der Waals surface area (Å²) in [6.45, 7) is 1.92. The van der Waals surface area contributed by atoms with Crippen molar-refractivity contribution >= 4 is 29.7 Å². The molecule has 1 aromatic heterocycles. The van der Waals surface area contributed by atoms with Crippen molar-refractivity contribution in [2.45, 2.75) is 12.8 Å². The Labute approximate surface area is 77.2 Å². The van der Waals surface area contributed by atoms with Gasteiger partial charge < -0.3 is 5.73 Å². The molecule has 2 N–H and O–H groups in total. The second kappa shape index (κ2) is 4.42. The Morgan fingerprint density at radius 1 is 1.64 bits per heavy atom. The average molecular weight is 193 g/mol. The first kappa shape index (κ1) is 10.5. The Morgan fingerprint density at radius 3 is 2.73 bits per heavy atom. The minimum absolute atomic E-state index is 0. The molecule has 0 saturated heterocycles. The SMILES string of the molecule is Cc1cnc(CCl)cc1N.Cl. The van der Waals surface area contributed by atoms with Crippen LogP contribution in [0.2, 0.25) is 0 Å². The summed E-state index contributed by atoms with van der Waals surface area (Å²) in [4.78, 5) is 4.05. The van der Waals surface area contributed by atoms with E-state index < -0.39 is 0 Å². The van der Waals surface area contributed by atoms with E-state index in [0.717, 1.165) is 16.9 Å². The fraction of sp³-hybridized carbons (Fsp3) is 0.286. The Balaban J connectivity index is 0.000001000. The molecular formula is C7H10Cl2N2. The number of anilines is 1. The molecule has 0 amide bonds. The van der Waals surface area contributed by atoms with Gasteiger partial charge in [0.2, 0.25) is 0 Å². The van der Waals surface area contributed by atoms with E-state index >= 15 is 0 Å². The van der Waals surface area contributed by atoms with E-state index in [-0.39, 0.29) is 12.4 Å². The second-order valence-electron chi connectivity index (χ2n) is 2.17. The van der Waals surface area contributed by atoms with Gasteiger partial charge in [0.15, 0.2) is 0 Å². The van der Waals surface area contributed by atoms with Gasteiger partial charge in [-0.1, -0.05) is 0 Å². The monoisotopic (exact) mass is 192 g/mol. The van der Waals surface area contributed by atoms with Crippen LogP contribution in [0, 0.1) is 6.92 Å². The maximum absolute atomic E-state index is 5.60. The Bertz CT molecular complexity index is 238. The molecule has 62 valence electrons. The van der Waals surface area contributed by atoms with E-state index in [2.05, 4.69) is 4.98 Å². The number of pyridine rings is 1. The summed E-state index contributed by atoms with van der Waals surface area (Å²) in [5.74, 6) is 0.421. The maximum Gasteiger partial charge on any atom is 0.0648 e. The Morgan fingerprint density at radius 2 is 2.27 bits per heavy atom. The molecule has 0 aliphatic heterocycles. The highest BCUT2D eigenvalue weighted by Crippen LogP contribution is 2.10. The zero-order chi connectivity index (χ0) is 7.56. The highest BCUT2D eigenvalue weighted by Gasteiger charge is 1.95. The van der Waals surface area contributed by atoms with Crippen LogP contribution in [0.3, 0.4) is 0 Å². The zero-order valence-corrected chi connectivity index (χ0v) is 7.75. The summed E-state index contributed by atoms with van der Waals surface area (Å²) in [5, 5.41) is 0. The molecule has 0 aliphatic rings. The molecule has 1 rings (SSSR count). The summed E-state index contributed by atoms with van der Waals surface area (Å²) >= 11 is 5.53. The van der Waals surface area contributed by atoms with Crippen LogP contribution in [-0.2, 0) is 5.88 Å². The molecule has 0 bridgehead atoms. The fourth-order valence-electron chi connectivity index (χ4n) is 0.658. The molecule has 0 unspecified atom stereocenters. The topological polar surface area (TPSA) is 38.9 Å². The molecule has 0 aromatic carbocycles. The third-order valence-corrected chi connectivity index (χ3v) is 1.61. The Hall–Kier alpha value is -0.470. The van der Waals surface area contributed by atoms with Gasteiger partial charge in [-0.05, 0) is 18.6 Å². The molecule has 0 saturated carbocycles. The highest BCUT2D eigenvalue weighted by atomic mass is 35.5. The number of nitrogens with zero attached hydrogens (tertiary/aromatic N) is 1. The number of hydrogen-bond donors (Lipinski definition) is 1. The van der Waals surface area contributed by atoms with Gasteiger partial charge in [0.1, 0.15) is 0 Å². The molecule has 0 aliphatic carbocycles. The third-order valence-electron chi connectivity index (χ3n) is 1.34. The normalized spacial score (nSPS) is 8.91. The predicted molar refractivity (Wildman–Crippen MR) is 50.2 cm³/mol. The van der Waals surface area contributed by atoms with Gasteiger partial charge in [-0.3, -0.25) is 4.98 Å². The summed E-state index contributed by atoms with van der Waals surface area (Å²) in [6.07, 6.45) is 1.73. The molecule has 2 nitrogen and oxygen atoms in total. The summed E-state index contributed by atoms with van der Waals surface area (Å²) in [7, 11) is 0. The maximum atomic E-state index is 5.60.